The summed E-state index contributed by atoms with van der Waals surface area (Å²) < 4.78 is 115. The monoisotopic (exact) mass is 384 g/mol. The van der Waals surface area contributed by atoms with E-state index < -0.39 is 42.2 Å². The lowest BCUT2D eigenvalue weighted by molar-refractivity contribution is -0.388. The number of hydrogen-bond donors (Lipinski definition) is 1. The van der Waals surface area contributed by atoms with Crippen molar-refractivity contribution in [3.8, 4) is 11.8 Å². The van der Waals surface area contributed by atoms with E-state index in [9.17, 15) is 39.5 Å². The average molecular weight is 384 g/mol. The fourth-order valence-corrected chi connectivity index (χ4v) is 1.76. The van der Waals surface area contributed by atoms with Crippen LogP contribution in [0.2, 0.25) is 0 Å². The number of halogens is 9. The quantitative estimate of drug-likeness (QED) is 0.340. The predicted molar refractivity (Wildman–Crippen MR) is 72.6 cm³/mol. The first-order valence-electron chi connectivity index (χ1n) is 7.26. The van der Waals surface area contributed by atoms with Gasteiger partial charge in [0.05, 0.1) is 0 Å². The zero-order chi connectivity index (χ0) is 19.9. The third-order valence-corrected chi connectivity index (χ3v) is 3.15. The van der Waals surface area contributed by atoms with Gasteiger partial charge in [0.2, 0.25) is 0 Å². The van der Waals surface area contributed by atoms with Gasteiger partial charge in [-0.15, -0.1) is 0 Å². The van der Waals surface area contributed by atoms with Crippen molar-refractivity contribution in [1.29, 1.82) is 0 Å². The standard InChI is InChI=1S/C15H17F9O/c1-2-3-4-5-7-11(8-6-9-25)10-12(16,17)13(18,19)14(20,21)15(22,23)24/h10,25H,2-5,7,9H2,1H3/b11-10+. The SMILES string of the molecule is CCCCCC/C(C#CCO)=C\C(F)(F)C(F)(F)C(F)(F)C(F)(F)F. The lowest BCUT2D eigenvalue weighted by Gasteiger charge is -2.32. The highest BCUT2D eigenvalue weighted by molar-refractivity contribution is 5.32. The van der Waals surface area contributed by atoms with Crippen molar-refractivity contribution in [3.05, 3.63) is 11.6 Å². The lowest BCUT2D eigenvalue weighted by Crippen LogP contribution is -2.60. The van der Waals surface area contributed by atoms with Crippen molar-refractivity contribution in [3.63, 3.8) is 0 Å². The van der Waals surface area contributed by atoms with E-state index >= 15 is 0 Å². The van der Waals surface area contributed by atoms with E-state index in [1.807, 2.05) is 18.8 Å². The Morgan fingerprint density at radius 1 is 0.880 bits per heavy atom. The Bertz CT molecular complexity index is 509. The molecule has 0 aromatic carbocycles. The minimum absolute atomic E-state index is 0.192. The Morgan fingerprint density at radius 3 is 1.88 bits per heavy atom. The molecule has 0 fully saturated rings. The van der Waals surface area contributed by atoms with Crippen LogP contribution in [0.3, 0.4) is 0 Å². The molecule has 0 aliphatic rings. The van der Waals surface area contributed by atoms with E-state index in [4.69, 9.17) is 5.11 Å². The van der Waals surface area contributed by atoms with E-state index in [0.717, 1.165) is 6.42 Å². The summed E-state index contributed by atoms with van der Waals surface area (Å²) in [5, 5.41) is 8.51. The summed E-state index contributed by atoms with van der Waals surface area (Å²) >= 11 is 0. The number of aliphatic hydroxyl groups is 1. The third-order valence-electron chi connectivity index (χ3n) is 3.15. The molecule has 0 aliphatic carbocycles. The van der Waals surface area contributed by atoms with Gasteiger partial charge in [-0.3, -0.25) is 0 Å². The molecule has 1 nitrogen and oxygen atoms in total. The van der Waals surface area contributed by atoms with Gasteiger partial charge in [0.15, 0.2) is 0 Å². The second-order valence-electron chi connectivity index (χ2n) is 5.21. The molecule has 146 valence electrons. The van der Waals surface area contributed by atoms with Crippen LogP contribution in [0.15, 0.2) is 11.6 Å². The molecule has 0 unspecified atom stereocenters. The Hall–Kier alpha value is -1.37. The summed E-state index contributed by atoms with van der Waals surface area (Å²) in [4.78, 5) is 0. The summed E-state index contributed by atoms with van der Waals surface area (Å²) in [6.07, 6.45) is -5.73. The normalized spacial score (nSPS) is 14.3. The van der Waals surface area contributed by atoms with Crippen LogP contribution in [0.4, 0.5) is 39.5 Å². The maximum Gasteiger partial charge on any atom is 0.460 e. The molecule has 1 N–H and O–H groups in total. The van der Waals surface area contributed by atoms with Crippen LogP contribution in [0.1, 0.15) is 39.0 Å². The summed E-state index contributed by atoms with van der Waals surface area (Å²) in [6, 6.07) is 0. The largest absolute Gasteiger partial charge is 0.460 e. The topological polar surface area (TPSA) is 20.2 Å². The highest BCUT2D eigenvalue weighted by atomic mass is 19.4. The van der Waals surface area contributed by atoms with Crippen LogP contribution in [-0.2, 0) is 0 Å². The van der Waals surface area contributed by atoms with Gasteiger partial charge in [-0.05, 0) is 12.8 Å². The van der Waals surface area contributed by atoms with Crippen molar-refractivity contribution in [1.82, 2.24) is 0 Å². The highest BCUT2D eigenvalue weighted by Crippen LogP contribution is 2.53. The molecule has 0 aromatic heterocycles. The molecule has 0 atom stereocenters. The van der Waals surface area contributed by atoms with Gasteiger partial charge < -0.3 is 5.11 Å². The summed E-state index contributed by atoms with van der Waals surface area (Å²) in [5.74, 6) is -15.7. The molecule has 0 saturated carbocycles. The highest BCUT2D eigenvalue weighted by Gasteiger charge is 2.81. The number of unbranched alkanes of at least 4 members (excludes halogenated alkanes) is 3. The van der Waals surface area contributed by atoms with E-state index in [1.54, 1.807) is 0 Å². The number of hydrogen-bond acceptors (Lipinski definition) is 1. The second kappa shape index (κ2) is 8.83. The van der Waals surface area contributed by atoms with Gasteiger partial charge in [0.25, 0.3) is 0 Å². The molecule has 0 saturated heterocycles. The zero-order valence-electron chi connectivity index (χ0n) is 13.2. The fraction of sp³-hybridized carbons (Fsp3) is 0.733. The van der Waals surface area contributed by atoms with Crippen LogP contribution in [0.25, 0.3) is 0 Å². The van der Waals surface area contributed by atoms with Crippen molar-refractivity contribution >= 4 is 0 Å². The Balaban J connectivity index is 5.69. The molecule has 0 radical (unpaired) electrons. The van der Waals surface area contributed by atoms with Gasteiger partial charge in [0.1, 0.15) is 6.61 Å². The summed E-state index contributed by atoms with van der Waals surface area (Å²) in [5.41, 5.74) is -0.743. The first-order valence-corrected chi connectivity index (χ1v) is 7.26. The molecule has 0 bridgehead atoms. The van der Waals surface area contributed by atoms with Crippen LogP contribution < -0.4 is 0 Å². The molecule has 0 rings (SSSR count). The number of rotatable bonds is 8. The molecular weight excluding hydrogens is 367 g/mol. The lowest BCUT2D eigenvalue weighted by atomic mass is 9.99. The van der Waals surface area contributed by atoms with Crippen molar-refractivity contribution < 1.29 is 44.6 Å². The van der Waals surface area contributed by atoms with Gasteiger partial charge in [0, 0.05) is 11.6 Å². The maximum atomic E-state index is 13.5. The molecular formula is C15H17F9O. The third kappa shape index (κ3) is 5.83. The summed E-state index contributed by atoms with van der Waals surface area (Å²) in [7, 11) is 0. The minimum Gasteiger partial charge on any atom is -0.384 e. The van der Waals surface area contributed by atoms with E-state index in [1.165, 1.54) is 0 Å². The molecule has 25 heavy (non-hydrogen) atoms. The zero-order valence-corrected chi connectivity index (χ0v) is 13.2. The maximum absolute atomic E-state index is 13.5. The molecule has 10 heteroatoms. The molecule has 0 aliphatic heterocycles. The average Bonchev–Trinajstić information content (AvgIpc) is 2.47. The van der Waals surface area contributed by atoms with Crippen LogP contribution in [0, 0.1) is 11.8 Å². The van der Waals surface area contributed by atoms with Crippen molar-refractivity contribution in [2.75, 3.05) is 6.61 Å². The Morgan fingerprint density at radius 2 is 1.44 bits per heavy atom. The summed E-state index contributed by atoms with van der Waals surface area (Å²) in [6.45, 7) is 1.00. The van der Waals surface area contributed by atoms with Crippen molar-refractivity contribution in [2.45, 2.75) is 63.0 Å². The van der Waals surface area contributed by atoms with Crippen LogP contribution >= 0.6 is 0 Å². The van der Waals surface area contributed by atoms with E-state index in [0.29, 0.717) is 12.8 Å². The van der Waals surface area contributed by atoms with Crippen LogP contribution in [0.5, 0.6) is 0 Å². The molecule has 0 amide bonds. The second-order valence-corrected chi connectivity index (χ2v) is 5.21. The Labute approximate surface area is 138 Å². The Kier molecular flexibility index (Phi) is 8.34. The van der Waals surface area contributed by atoms with E-state index in [2.05, 4.69) is 0 Å². The van der Waals surface area contributed by atoms with Gasteiger partial charge in [-0.2, -0.15) is 39.5 Å². The number of alkyl halides is 9. The number of aliphatic hydroxyl groups excluding tert-OH is 1. The fourth-order valence-electron chi connectivity index (χ4n) is 1.76. The van der Waals surface area contributed by atoms with Crippen LogP contribution in [-0.4, -0.2) is 35.7 Å². The smallest absolute Gasteiger partial charge is 0.384 e. The van der Waals surface area contributed by atoms with E-state index in [-0.39, 0.29) is 12.8 Å². The van der Waals surface area contributed by atoms with Gasteiger partial charge in [-0.25, -0.2) is 0 Å². The molecule has 0 spiro atoms. The first kappa shape index (κ1) is 23.6. The molecule has 0 heterocycles. The van der Waals surface area contributed by atoms with Gasteiger partial charge in [-0.1, -0.05) is 38.0 Å². The predicted octanol–water partition coefficient (Wildman–Crippen LogP) is 5.35. The minimum atomic E-state index is -6.93. The van der Waals surface area contributed by atoms with Gasteiger partial charge >= 0.3 is 23.9 Å². The number of allylic oxidation sites excluding steroid dienone is 2. The van der Waals surface area contributed by atoms with Crippen molar-refractivity contribution in [2.24, 2.45) is 0 Å². The molecule has 0 aromatic rings. The first-order chi connectivity index (χ1) is 11.2.